The highest BCUT2D eigenvalue weighted by Gasteiger charge is 2.25. The number of hydrogen-bond donors (Lipinski definition) is 1. The zero-order valence-corrected chi connectivity index (χ0v) is 18.0. The number of amides is 1. The van der Waals surface area contributed by atoms with Crippen molar-refractivity contribution in [2.45, 2.75) is 18.2 Å². The molecule has 1 aliphatic heterocycles. The Kier molecular flexibility index (Phi) is 7.51. The lowest BCUT2D eigenvalue weighted by Crippen LogP contribution is -2.53. The number of sulfone groups is 1. The van der Waals surface area contributed by atoms with Crippen LogP contribution in [0.15, 0.2) is 63.0 Å². The molecule has 0 spiro atoms. The van der Waals surface area contributed by atoms with E-state index in [1.807, 2.05) is 6.92 Å². The molecule has 2 heterocycles. The molecule has 0 bridgehead atoms. The van der Waals surface area contributed by atoms with E-state index in [1.54, 1.807) is 47.4 Å². The number of nitrogens with one attached hydrogen (secondary N) is 1. The van der Waals surface area contributed by atoms with Gasteiger partial charge in [0.15, 0.2) is 21.6 Å². The maximum absolute atomic E-state index is 12.4. The van der Waals surface area contributed by atoms with Gasteiger partial charge in [-0.1, -0.05) is 18.2 Å². The molecule has 1 amide bonds. The van der Waals surface area contributed by atoms with Crippen molar-refractivity contribution in [3.8, 4) is 0 Å². The van der Waals surface area contributed by atoms with Crippen molar-refractivity contribution < 1.29 is 17.6 Å². The van der Waals surface area contributed by atoms with E-state index in [0.717, 1.165) is 5.96 Å². The molecule has 0 saturated carbocycles. The molecule has 9 heteroatoms. The molecule has 162 valence electrons. The summed E-state index contributed by atoms with van der Waals surface area (Å²) in [6.45, 7) is 5.58. The van der Waals surface area contributed by atoms with E-state index in [9.17, 15) is 13.2 Å². The second kappa shape index (κ2) is 10.3. The summed E-state index contributed by atoms with van der Waals surface area (Å²) in [5.74, 6) is 1.06. The quantitative estimate of drug-likeness (QED) is 0.408. The first-order valence-electron chi connectivity index (χ1n) is 10.1. The molecular formula is C21H28N4O4S. The predicted molar refractivity (Wildman–Crippen MR) is 115 cm³/mol. The average molecular weight is 433 g/mol. The third kappa shape index (κ3) is 5.63. The third-order valence-electron chi connectivity index (χ3n) is 4.87. The van der Waals surface area contributed by atoms with E-state index in [-0.39, 0.29) is 11.7 Å². The third-order valence-corrected chi connectivity index (χ3v) is 6.68. The predicted octanol–water partition coefficient (Wildman–Crippen LogP) is 1.87. The first kappa shape index (κ1) is 21.9. The first-order valence-corrected chi connectivity index (χ1v) is 11.8. The highest BCUT2D eigenvalue weighted by atomic mass is 32.2. The number of carbonyl (C=O) groups excluding carboxylic acids is 1. The van der Waals surface area contributed by atoms with Gasteiger partial charge < -0.3 is 19.5 Å². The zero-order valence-electron chi connectivity index (χ0n) is 17.2. The van der Waals surface area contributed by atoms with Crippen molar-refractivity contribution in [2.24, 2.45) is 4.99 Å². The van der Waals surface area contributed by atoms with Crippen LogP contribution in [0.4, 0.5) is 0 Å². The fraction of sp³-hybridized carbons (Fsp3) is 0.429. The van der Waals surface area contributed by atoms with E-state index in [2.05, 4.69) is 15.2 Å². The lowest BCUT2D eigenvalue weighted by atomic mass is 10.3. The van der Waals surface area contributed by atoms with Crippen molar-refractivity contribution in [1.82, 2.24) is 15.1 Å². The lowest BCUT2D eigenvalue weighted by Gasteiger charge is -2.36. The SMILES string of the molecule is CCNC(=NCCCS(=O)(=O)c1ccccc1)N1CCN(C(=O)c2ccco2)CC1. The number of nitrogens with zero attached hydrogens (tertiary/aromatic N) is 3. The number of piperazine rings is 1. The number of guanidine groups is 1. The van der Waals surface area contributed by atoms with Crippen LogP contribution in [0.25, 0.3) is 0 Å². The van der Waals surface area contributed by atoms with Gasteiger partial charge in [-0.15, -0.1) is 0 Å². The van der Waals surface area contributed by atoms with Gasteiger partial charge in [-0.3, -0.25) is 9.79 Å². The zero-order chi connectivity index (χ0) is 21.4. The fourth-order valence-electron chi connectivity index (χ4n) is 3.29. The monoisotopic (exact) mass is 432 g/mol. The lowest BCUT2D eigenvalue weighted by molar-refractivity contribution is 0.0657. The Balaban J connectivity index is 1.52. The minimum Gasteiger partial charge on any atom is -0.459 e. The summed E-state index contributed by atoms with van der Waals surface area (Å²) in [7, 11) is -3.29. The summed E-state index contributed by atoms with van der Waals surface area (Å²) in [6, 6.07) is 11.9. The van der Waals surface area contributed by atoms with Crippen LogP contribution in [-0.2, 0) is 9.84 Å². The fourth-order valence-corrected chi connectivity index (χ4v) is 4.61. The summed E-state index contributed by atoms with van der Waals surface area (Å²) >= 11 is 0. The second-order valence-corrected chi connectivity index (χ2v) is 9.09. The van der Waals surface area contributed by atoms with Gasteiger partial charge in [0.1, 0.15) is 0 Å². The highest BCUT2D eigenvalue weighted by Crippen LogP contribution is 2.12. The summed E-state index contributed by atoms with van der Waals surface area (Å²) in [4.78, 5) is 21.2. The van der Waals surface area contributed by atoms with Crippen molar-refractivity contribution >= 4 is 21.7 Å². The van der Waals surface area contributed by atoms with E-state index >= 15 is 0 Å². The summed E-state index contributed by atoms with van der Waals surface area (Å²) < 4.78 is 30.0. The normalized spacial score (nSPS) is 15.3. The van der Waals surface area contributed by atoms with Crippen LogP contribution >= 0.6 is 0 Å². The van der Waals surface area contributed by atoms with Crippen LogP contribution in [-0.4, -0.2) is 75.1 Å². The number of furan rings is 1. The molecule has 8 nitrogen and oxygen atoms in total. The molecule has 0 unspecified atom stereocenters. The molecule has 1 fully saturated rings. The van der Waals surface area contributed by atoms with Gasteiger partial charge in [0, 0.05) is 39.3 Å². The molecule has 30 heavy (non-hydrogen) atoms. The molecule has 1 aromatic heterocycles. The Morgan fingerprint density at radius 2 is 1.77 bits per heavy atom. The minimum absolute atomic E-state index is 0.0609. The summed E-state index contributed by atoms with van der Waals surface area (Å²) in [5, 5.41) is 3.26. The van der Waals surface area contributed by atoms with Crippen molar-refractivity contribution in [1.29, 1.82) is 0 Å². The first-order chi connectivity index (χ1) is 14.5. The van der Waals surface area contributed by atoms with Crippen molar-refractivity contribution in [3.05, 3.63) is 54.5 Å². The Morgan fingerprint density at radius 3 is 2.40 bits per heavy atom. The van der Waals surface area contributed by atoms with Gasteiger partial charge >= 0.3 is 0 Å². The van der Waals surface area contributed by atoms with Crippen LogP contribution in [0.2, 0.25) is 0 Å². The molecule has 2 aromatic rings. The van der Waals surface area contributed by atoms with E-state index in [4.69, 9.17) is 4.42 Å². The molecule has 0 radical (unpaired) electrons. The number of carbonyl (C=O) groups is 1. The van der Waals surface area contributed by atoms with Gasteiger partial charge in [-0.2, -0.15) is 0 Å². The molecule has 0 atom stereocenters. The van der Waals surface area contributed by atoms with Crippen LogP contribution in [0.3, 0.4) is 0 Å². The van der Waals surface area contributed by atoms with Gasteiger partial charge in [-0.25, -0.2) is 8.42 Å². The molecular weight excluding hydrogens is 404 g/mol. The smallest absolute Gasteiger partial charge is 0.289 e. The number of aliphatic imine (C=N–C) groups is 1. The Labute approximate surface area is 177 Å². The maximum Gasteiger partial charge on any atom is 0.289 e. The largest absolute Gasteiger partial charge is 0.459 e. The standard InChI is InChI=1S/C21H28N4O4S/c1-2-22-21(23-11-7-17-30(27,28)18-8-4-3-5-9-18)25-14-12-24(13-15-25)20(26)19-10-6-16-29-19/h3-6,8-10,16H,2,7,11-15,17H2,1H3,(H,22,23). The molecule has 1 aliphatic rings. The van der Waals surface area contributed by atoms with E-state index in [1.165, 1.54) is 6.26 Å². The van der Waals surface area contributed by atoms with Crippen molar-refractivity contribution in [3.63, 3.8) is 0 Å². The summed E-state index contributed by atoms with van der Waals surface area (Å²) in [6.07, 6.45) is 1.94. The summed E-state index contributed by atoms with van der Waals surface area (Å²) in [5.41, 5.74) is 0. The van der Waals surface area contributed by atoms with Crippen LogP contribution in [0.1, 0.15) is 23.9 Å². The Hall–Kier alpha value is -2.81. The van der Waals surface area contributed by atoms with Gasteiger partial charge in [-0.05, 0) is 37.6 Å². The Bertz CT molecular complexity index is 935. The molecule has 1 N–H and O–H groups in total. The van der Waals surface area contributed by atoms with Crippen LogP contribution in [0.5, 0.6) is 0 Å². The van der Waals surface area contributed by atoms with Crippen molar-refractivity contribution in [2.75, 3.05) is 45.0 Å². The molecule has 0 aliphatic carbocycles. The molecule has 1 saturated heterocycles. The number of hydrogen-bond acceptors (Lipinski definition) is 5. The minimum atomic E-state index is -3.29. The van der Waals surface area contributed by atoms with Gasteiger partial charge in [0.2, 0.25) is 0 Å². The average Bonchev–Trinajstić information content (AvgIpc) is 3.31. The number of rotatable bonds is 7. The number of benzene rings is 1. The topological polar surface area (TPSA) is 95.2 Å². The second-order valence-electron chi connectivity index (χ2n) is 6.98. The highest BCUT2D eigenvalue weighted by molar-refractivity contribution is 7.91. The molecule has 1 aromatic carbocycles. The van der Waals surface area contributed by atoms with Gasteiger partial charge in [0.25, 0.3) is 5.91 Å². The van der Waals surface area contributed by atoms with Crippen LogP contribution in [0, 0.1) is 0 Å². The van der Waals surface area contributed by atoms with E-state index < -0.39 is 9.84 Å². The Morgan fingerprint density at radius 1 is 1.07 bits per heavy atom. The van der Waals surface area contributed by atoms with E-state index in [0.29, 0.717) is 56.3 Å². The van der Waals surface area contributed by atoms with Gasteiger partial charge in [0.05, 0.1) is 16.9 Å². The maximum atomic E-state index is 12.4. The van der Waals surface area contributed by atoms with Crippen LogP contribution < -0.4 is 5.32 Å². The molecule has 3 rings (SSSR count).